The molecule has 2 rings (SSSR count). The van der Waals surface area contributed by atoms with Crippen LogP contribution in [-0.2, 0) is 4.79 Å². The van der Waals surface area contributed by atoms with Gasteiger partial charge in [-0.25, -0.2) is 5.84 Å². The zero-order valence-electron chi connectivity index (χ0n) is 9.24. The van der Waals surface area contributed by atoms with Gasteiger partial charge in [0.2, 0.25) is 5.91 Å². The first-order valence-electron chi connectivity index (χ1n) is 6.07. The number of carbonyl (C=O) groups is 1. The Kier molecular flexibility index (Phi) is 3.59. The highest BCUT2D eigenvalue weighted by atomic mass is 16.2. The van der Waals surface area contributed by atoms with Crippen molar-refractivity contribution in [2.45, 2.75) is 44.6 Å². The summed E-state index contributed by atoms with van der Waals surface area (Å²) in [6, 6.07) is 0.449. The summed E-state index contributed by atoms with van der Waals surface area (Å²) in [6.45, 7) is 2.33. The minimum atomic E-state index is 0.0339. The Morgan fingerprint density at radius 3 is 2.47 bits per heavy atom. The number of likely N-dealkylation sites (tertiary alicyclic amines) is 1. The number of amides is 1. The minimum Gasteiger partial charge on any atom is -0.300 e. The van der Waals surface area contributed by atoms with Gasteiger partial charge in [-0.1, -0.05) is 12.8 Å². The summed E-state index contributed by atoms with van der Waals surface area (Å²) in [5.74, 6) is 5.41. The number of nitrogens with two attached hydrogens (primary N) is 1. The van der Waals surface area contributed by atoms with Gasteiger partial charge in [-0.15, -0.1) is 0 Å². The van der Waals surface area contributed by atoms with Crippen LogP contribution in [0.5, 0.6) is 0 Å². The molecule has 0 aromatic rings. The predicted octanol–water partition coefficient (Wildman–Crippen LogP) is 0.631. The first kappa shape index (κ1) is 10.9. The monoisotopic (exact) mass is 211 g/mol. The van der Waals surface area contributed by atoms with Gasteiger partial charge in [0, 0.05) is 6.04 Å². The first-order valence-corrected chi connectivity index (χ1v) is 6.07. The van der Waals surface area contributed by atoms with Gasteiger partial charge in [-0.05, 0) is 38.8 Å². The lowest BCUT2D eigenvalue weighted by molar-refractivity contribution is -0.128. The van der Waals surface area contributed by atoms with Gasteiger partial charge in [-0.3, -0.25) is 15.1 Å². The number of carbonyl (C=O) groups excluding carboxylic acids is 1. The standard InChI is InChI=1S/C11H21N3O/c12-13-11(15)9-5-1-2-6-10(9)14-7-3-4-8-14/h9-10H,1-8,12H2,(H,13,15). The Morgan fingerprint density at radius 2 is 1.80 bits per heavy atom. The average molecular weight is 211 g/mol. The zero-order chi connectivity index (χ0) is 10.7. The topological polar surface area (TPSA) is 58.4 Å². The van der Waals surface area contributed by atoms with Crippen molar-refractivity contribution in [3.63, 3.8) is 0 Å². The van der Waals surface area contributed by atoms with Gasteiger partial charge in [0.25, 0.3) is 0 Å². The molecule has 15 heavy (non-hydrogen) atoms. The Labute approximate surface area is 91.2 Å². The lowest BCUT2D eigenvalue weighted by Gasteiger charge is -2.36. The second-order valence-electron chi connectivity index (χ2n) is 4.71. The van der Waals surface area contributed by atoms with Crippen LogP contribution in [0.2, 0.25) is 0 Å². The van der Waals surface area contributed by atoms with Crippen LogP contribution in [0.15, 0.2) is 0 Å². The van der Waals surface area contributed by atoms with E-state index in [1.807, 2.05) is 0 Å². The van der Waals surface area contributed by atoms with E-state index in [9.17, 15) is 4.79 Å². The van der Waals surface area contributed by atoms with E-state index < -0.39 is 0 Å². The van der Waals surface area contributed by atoms with Crippen molar-refractivity contribution in [2.75, 3.05) is 13.1 Å². The number of rotatable bonds is 2. The first-order chi connectivity index (χ1) is 7.33. The molecule has 0 aromatic carbocycles. The molecule has 3 N–H and O–H groups in total. The maximum atomic E-state index is 11.7. The number of hydrogen-bond acceptors (Lipinski definition) is 3. The van der Waals surface area contributed by atoms with Gasteiger partial charge < -0.3 is 0 Å². The maximum absolute atomic E-state index is 11.7. The van der Waals surface area contributed by atoms with Gasteiger partial charge in [0.1, 0.15) is 0 Å². The molecule has 1 saturated carbocycles. The van der Waals surface area contributed by atoms with Crippen LogP contribution in [0.4, 0.5) is 0 Å². The molecule has 0 radical (unpaired) electrons. The van der Waals surface area contributed by atoms with Crippen LogP contribution in [-0.4, -0.2) is 29.9 Å². The molecule has 1 aliphatic heterocycles. The molecule has 1 heterocycles. The van der Waals surface area contributed by atoms with Crippen LogP contribution in [0.1, 0.15) is 38.5 Å². The second-order valence-corrected chi connectivity index (χ2v) is 4.71. The summed E-state index contributed by atoms with van der Waals surface area (Å²) in [6.07, 6.45) is 7.17. The van der Waals surface area contributed by atoms with Crippen molar-refractivity contribution >= 4 is 5.91 Å². The quantitative estimate of drug-likeness (QED) is 0.400. The summed E-state index contributed by atoms with van der Waals surface area (Å²) >= 11 is 0. The number of hydrazine groups is 1. The molecule has 0 aromatic heterocycles. The van der Waals surface area contributed by atoms with Crippen LogP contribution in [0.3, 0.4) is 0 Å². The molecule has 1 saturated heterocycles. The molecule has 4 heteroatoms. The average Bonchev–Trinajstić information content (AvgIpc) is 2.81. The third-order valence-electron chi connectivity index (χ3n) is 3.82. The van der Waals surface area contributed by atoms with E-state index in [1.54, 1.807) is 0 Å². The van der Waals surface area contributed by atoms with Crippen molar-refractivity contribution in [1.29, 1.82) is 0 Å². The van der Waals surface area contributed by atoms with E-state index in [-0.39, 0.29) is 11.8 Å². The fraction of sp³-hybridized carbons (Fsp3) is 0.909. The molecule has 86 valence electrons. The van der Waals surface area contributed by atoms with Gasteiger partial charge in [0.15, 0.2) is 0 Å². The van der Waals surface area contributed by atoms with Crippen molar-refractivity contribution in [2.24, 2.45) is 11.8 Å². The molecular weight excluding hydrogens is 190 g/mol. The van der Waals surface area contributed by atoms with Crippen molar-refractivity contribution in [3.8, 4) is 0 Å². The molecule has 1 aliphatic carbocycles. The maximum Gasteiger partial charge on any atom is 0.238 e. The van der Waals surface area contributed by atoms with Crippen LogP contribution in [0, 0.1) is 5.92 Å². The molecule has 1 amide bonds. The number of nitrogens with one attached hydrogen (secondary N) is 1. The third kappa shape index (κ3) is 2.32. The summed E-state index contributed by atoms with van der Waals surface area (Å²) in [7, 11) is 0. The SMILES string of the molecule is NNC(=O)C1CCCCC1N1CCCC1. The van der Waals surface area contributed by atoms with E-state index in [0.29, 0.717) is 6.04 Å². The van der Waals surface area contributed by atoms with E-state index >= 15 is 0 Å². The molecular formula is C11H21N3O. The fourth-order valence-corrected chi connectivity index (χ4v) is 3.03. The molecule has 4 nitrogen and oxygen atoms in total. The Hall–Kier alpha value is -0.610. The highest BCUT2D eigenvalue weighted by Crippen LogP contribution is 2.30. The summed E-state index contributed by atoms with van der Waals surface area (Å²) in [5.41, 5.74) is 2.32. The van der Waals surface area contributed by atoms with Crippen molar-refractivity contribution < 1.29 is 4.79 Å². The minimum absolute atomic E-state index is 0.0339. The number of nitrogens with zero attached hydrogens (tertiary/aromatic N) is 1. The van der Waals surface area contributed by atoms with Crippen molar-refractivity contribution in [3.05, 3.63) is 0 Å². The summed E-state index contributed by atoms with van der Waals surface area (Å²) in [4.78, 5) is 14.2. The molecule has 0 bridgehead atoms. The fourth-order valence-electron chi connectivity index (χ4n) is 3.03. The third-order valence-corrected chi connectivity index (χ3v) is 3.82. The lowest BCUT2D eigenvalue weighted by atomic mass is 9.83. The van der Waals surface area contributed by atoms with E-state index in [2.05, 4.69) is 10.3 Å². The van der Waals surface area contributed by atoms with E-state index in [4.69, 9.17) is 5.84 Å². The highest BCUT2D eigenvalue weighted by molar-refractivity contribution is 5.78. The Morgan fingerprint density at radius 1 is 1.13 bits per heavy atom. The predicted molar refractivity (Wildman–Crippen MR) is 58.9 cm³/mol. The van der Waals surface area contributed by atoms with Crippen LogP contribution >= 0.6 is 0 Å². The van der Waals surface area contributed by atoms with Crippen LogP contribution in [0.25, 0.3) is 0 Å². The molecule has 2 aliphatic rings. The van der Waals surface area contributed by atoms with Gasteiger partial charge in [-0.2, -0.15) is 0 Å². The van der Waals surface area contributed by atoms with Crippen molar-refractivity contribution in [1.82, 2.24) is 10.3 Å². The molecule has 0 spiro atoms. The second kappa shape index (κ2) is 4.94. The van der Waals surface area contributed by atoms with E-state index in [0.717, 1.165) is 12.8 Å². The van der Waals surface area contributed by atoms with E-state index in [1.165, 1.54) is 38.8 Å². The Bertz CT molecular complexity index is 226. The lowest BCUT2D eigenvalue weighted by Crippen LogP contribution is -2.49. The molecule has 2 fully saturated rings. The smallest absolute Gasteiger partial charge is 0.238 e. The largest absolute Gasteiger partial charge is 0.300 e. The molecule has 2 unspecified atom stereocenters. The summed E-state index contributed by atoms with van der Waals surface area (Å²) in [5, 5.41) is 0. The normalized spacial score (nSPS) is 32.9. The molecule has 2 atom stereocenters. The zero-order valence-corrected chi connectivity index (χ0v) is 9.24. The summed E-state index contributed by atoms with van der Waals surface area (Å²) < 4.78 is 0. The Balaban J connectivity index is 2.01. The van der Waals surface area contributed by atoms with Gasteiger partial charge in [0.05, 0.1) is 5.92 Å². The highest BCUT2D eigenvalue weighted by Gasteiger charge is 2.35. The van der Waals surface area contributed by atoms with Crippen LogP contribution < -0.4 is 11.3 Å². The van der Waals surface area contributed by atoms with Gasteiger partial charge >= 0.3 is 0 Å². The number of hydrogen-bond donors (Lipinski definition) is 2.